The average Bonchev–Trinajstić information content (AvgIpc) is 3.40. The lowest BCUT2D eigenvalue weighted by Gasteiger charge is -2.36. The van der Waals surface area contributed by atoms with E-state index in [2.05, 4.69) is 17.1 Å². The molecule has 1 aromatic carbocycles. The van der Waals surface area contributed by atoms with E-state index in [0.29, 0.717) is 13.1 Å². The van der Waals surface area contributed by atoms with Crippen LogP contribution in [-0.4, -0.2) is 46.2 Å². The predicted octanol–water partition coefficient (Wildman–Crippen LogP) is 3.67. The molecule has 0 radical (unpaired) electrons. The van der Waals surface area contributed by atoms with Gasteiger partial charge in [0, 0.05) is 54.8 Å². The Hall–Kier alpha value is -2.60. The van der Waals surface area contributed by atoms with Gasteiger partial charge < -0.3 is 14.8 Å². The summed E-state index contributed by atoms with van der Waals surface area (Å²) in [6, 6.07) is 12.1. The lowest BCUT2D eigenvalue weighted by atomic mass is 9.94. The number of thiophene rings is 1. The fraction of sp³-hybridized carbons (Fsp3) is 0.364. The number of nitrogens with one attached hydrogen (secondary N) is 1. The van der Waals surface area contributed by atoms with Gasteiger partial charge in [0.2, 0.25) is 5.91 Å². The minimum atomic E-state index is -0.0931. The average molecular weight is 394 g/mol. The smallest absolute Gasteiger partial charge is 0.263 e. The predicted molar refractivity (Wildman–Crippen MR) is 110 cm³/mol. The largest absolute Gasteiger partial charge is 0.358 e. The van der Waals surface area contributed by atoms with Crippen LogP contribution in [-0.2, 0) is 17.8 Å². The normalized spacial score (nSPS) is 19.6. The molecule has 2 aliphatic rings. The maximum atomic E-state index is 13.3. The van der Waals surface area contributed by atoms with Crippen LogP contribution in [0, 0.1) is 5.92 Å². The van der Waals surface area contributed by atoms with Gasteiger partial charge in [0.05, 0.1) is 10.8 Å². The highest BCUT2D eigenvalue weighted by Crippen LogP contribution is 2.29. The summed E-state index contributed by atoms with van der Waals surface area (Å²) < 4.78 is 0. The van der Waals surface area contributed by atoms with E-state index in [4.69, 9.17) is 0 Å². The summed E-state index contributed by atoms with van der Waals surface area (Å²) in [5.41, 5.74) is 3.65. The van der Waals surface area contributed by atoms with Crippen molar-refractivity contribution in [1.82, 2.24) is 14.8 Å². The molecule has 6 heteroatoms. The number of aromatic amines is 1. The van der Waals surface area contributed by atoms with Crippen LogP contribution < -0.4 is 0 Å². The van der Waals surface area contributed by atoms with Crippen molar-refractivity contribution in [3.8, 4) is 0 Å². The summed E-state index contributed by atoms with van der Waals surface area (Å²) in [5.74, 6) is 0.161. The third kappa shape index (κ3) is 3.02. The molecule has 1 atom stereocenters. The number of hydrogen-bond acceptors (Lipinski definition) is 3. The molecule has 1 N–H and O–H groups in total. The molecule has 1 saturated heterocycles. The molecular formula is C22H23N3O2S. The summed E-state index contributed by atoms with van der Waals surface area (Å²) in [6.45, 7) is 2.68. The number of carbonyl (C=O) groups is 2. The van der Waals surface area contributed by atoms with Crippen LogP contribution >= 0.6 is 11.3 Å². The van der Waals surface area contributed by atoms with E-state index in [1.54, 1.807) is 0 Å². The summed E-state index contributed by atoms with van der Waals surface area (Å²) in [4.78, 5) is 34.1. The number of piperidine rings is 1. The van der Waals surface area contributed by atoms with Gasteiger partial charge >= 0.3 is 0 Å². The zero-order valence-electron chi connectivity index (χ0n) is 15.7. The number of carbonyl (C=O) groups excluding carboxylic acids is 2. The van der Waals surface area contributed by atoms with Crippen LogP contribution in [0.25, 0.3) is 10.9 Å². The van der Waals surface area contributed by atoms with E-state index in [1.807, 2.05) is 39.4 Å². The topological polar surface area (TPSA) is 56.4 Å². The van der Waals surface area contributed by atoms with Gasteiger partial charge in [-0.15, -0.1) is 11.3 Å². The number of rotatable bonds is 2. The highest BCUT2D eigenvalue weighted by Gasteiger charge is 2.33. The van der Waals surface area contributed by atoms with E-state index in [0.717, 1.165) is 42.7 Å². The molecule has 5 rings (SSSR count). The number of amides is 2. The molecule has 28 heavy (non-hydrogen) atoms. The Morgan fingerprint density at radius 3 is 2.82 bits per heavy atom. The Labute approximate surface area is 168 Å². The number of fused-ring (bicyclic) bond motifs is 3. The quantitative estimate of drug-likeness (QED) is 0.722. The van der Waals surface area contributed by atoms with E-state index in [1.165, 1.54) is 28.0 Å². The number of likely N-dealkylation sites (tertiary alicyclic amines) is 1. The molecule has 0 unspecified atom stereocenters. The van der Waals surface area contributed by atoms with Gasteiger partial charge in [-0.1, -0.05) is 24.3 Å². The van der Waals surface area contributed by atoms with Crippen molar-refractivity contribution in [3.63, 3.8) is 0 Å². The molecule has 144 valence electrons. The first-order valence-electron chi connectivity index (χ1n) is 9.91. The molecule has 2 aliphatic heterocycles. The number of nitrogens with zero attached hydrogens (tertiary/aromatic N) is 2. The minimum absolute atomic E-state index is 0.0602. The molecule has 2 aromatic heterocycles. The molecule has 0 aliphatic carbocycles. The van der Waals surface area contributed by atoms with Gasteiger partial charge in [0.25, 0.3) is 5.91 Å². The van der Waals surface area contributed by atoms with Gasteiger partial charge in [0.1, 0.15) is 0 Å². The maximum absolute atomic E-state index is 13.3. The van der Waals surface area contributed by atoms with Gasteiger partial charge in [0.15, 0.2) is 0 Å². The Morgan fingerprint density at radius 1 is 1.07 bits per heavy atom. The molecule has 4 heterocycles. The van der Waals surface area contributed by atoms with E-state index in [-0.39, 0.29) is 17.7 Å². The third-order valence-electron chi connectivity index (χ3n) is 5.98. The summed E-state index contributed by atoms with van der Waals surface area (Å²) >= 11 is 1.47. The second kappa shape index (κ2) is 7.09. The van der Waals surface area contributed by atoms with E-state index in [9.17, 15) is 9.59 Å². The zero-order valence-corrected chi connectivity index (χ0v) is 16.5. The molecule has 0 bridgehead atoms. The second-order valence-corrected chi connectivity index (χ2v) is 8.65. The van der Waals surface area contributed by atoms with Crippen LogP contribution in [0.1, 0.15) is 33.8 Å². The first kappa shape index (κ1) is 17.5. The van der Waals surface area contributed by atoms with Gasteiger partial charge in [-0.2, -0.15) is 0 Å². The Morgan fingerprint density at radius 2 is 1.96 bits per heavy atom. The SMILES string of the molecule is O=C(c1cccs1)N1CCC[C@@H](C(=O)N2CCc3[nH]c4ccccc4c3C2)C1. The fourth-order valence-electron chi connectivity index (χ4n) is 4.53. The number of hydrogen-bond donors (Lipinski definition) is 1. The molecule has 3 aromatic rings. The molecular weight excluding hydrogens is 370 g/mol. The number of H-pyrrole nitrogens is 1. The molecule has 1 fully saturated rings. The van der Waals surface area contributed by atoms with E-state index >= 15 is 0 Å². The summed E-state index contributed by atoms with van der Waals surface area (Å²) in [7, 11) is 0. The summed E-state index contributed by atoms with van der Waals surface area (Å²) in [5, 5.41) is 3.14. The van der Waals surface area contributed by atoms with Crippen LogP contribution in [0.15, 0.2) is 41.8 Å². The summed E-state index contributed by atoms with van der Waals surface area (Å²) in [6.07, 6.45) is 2.62. The van der Waals surface area contributed by atoms with Gasteiger partial charge in [-0.05, 0) is 30.4 Å². The van der Waals surface area contributed by atoms with Crippen LogP contribution in [0.3, 0.4) is 0 Å². The molecule has 2 amide bonds. The second-order valence-electron chi connectivity index (χ2n) is 7.71. The van der Waals surface area contributed by atoms with Crippen molar-refractivity contribution < 1.29 is 9.59 Å². The third-order valence-corrected chi connectivity index (χ3v) is 6.84. The Bertz CT molecular complexity index is 1020. The fourth-order valence-corrected chi connectivity index (χ4v) is 5.22. The number of para-hydroxylation sites is 1. The Balaban J connectivity index is 1.32. The standard InChI is InChI=1S/C22H23N3O2S/c26-21(15-5-3-10-24(13-15)22(27)20-8-4-12-28-20)25-11-9-19-17(14-25)16-6-1-2-7-18(16)23-19/h1-2,4,6-8,12,15,23H,3,5,9-11,13-14H2/t15-/m1/s1. The van der Waals surface area contributed by atoms with Crippen molar-refractivity contribution in [2.24, 2.45) is 5.92 Å². The van der Waals surface area contributed by atoms with Crippen molar-refractivity contribution in [2.45, 2.75) is 25.8 Å². The van der Waals surface area contributed by atoms with Crippen molar-refractivity contribution in [3.05, 3.63) is 57.9 Å². The lowest BCUT2D eigenvalue weighted by Crippen LogP contribution is -2.47. The van der Waals surface area contributed by atoms with Gasteiger partial charge in [-0.25, -0.2) is 0 Å². The van der Waals surface area contributed by atoms with Crippen LogP contribution in [0.5, 0.6) is 0 Å². The monoisotopic (exact) mass is 393 g/mol. The molecule has 0 spiro atoms. The molecule has 5 nitrogen and oxygen atoms in total. The highest BCUT2D eigenvalue weighted by molar-refractivity contribution is 7.12. The van der Waals surface area contributed by atoms with Gasteiger partial charge in [-0.3, -0.25) is 9.59 Å². The van der Waals surface area contributed by atoms with E-state index < -0.39 is 0 Å². The van der Waals surface area contributed by atoms with Crippen molar-refractivity contribution in [2.75, 3.05) is 19.6 Å². The first-order chi connectivity index (χ1) is 13.7. The number of aromatic nitrogens is 1. The highest BCUT2D eigenvalue weighted by atomic mass is 32.1. The van der Waals surface area contributed by atoms with Crippen molar-refractivity contribution in [1.29, 1.82) is 0 Å². The minimum Gasteiger partial charge on any atom is -0.358 e. The molecule has 0 saturated carbocycles. The van der Waals surface area contributed by atoms with Crippen LogP contribution in [0.4, 0.5) is 0 Å². The Kier molecular flexibility index (Phi) is 4.43. The maximum Gasteiger partial charge on any atom is 0.263 e. The zero-order chi connectivity index (χ0) is 19.1. The number of benzene rings is 1. The lowest BCUT2D eigenvalue weighted by molar-refractivity contribution is -0.137. The van der Waals surface area contributed by atoms with Crippen molar-refractivity contribution >= 4 is 34.1 Å². The van der Waals surface area contributed by atoms with Crippen LogP contribution in [0.2, 0.25) is 0 Å². The first-order valence-corrected chi connectivity index (χ1v) is 10.8.